The normalized spacial score (nSPS) is 14.9. The number of hydrogen-bond donors (Lipinski definition) is 1. The van der Waals surface area contributed by atoms with Crippen molar-refractivity contribution < 1.29 is 0 Å². The molecule has 0 radical (unpaired) electrons. The Morgan fingerprint density at radius 2 is 2.24 bits per heavy atom. The molecule has 0 spiro atoms. The molecule has 1 aromatic carbocycles. The summed E-state index contributed by atoms with van der Waals surface area (Å²) in [5.41, 5.74) is 4.19. The zero-order valence-electron chi connectivity index (χ0n) is 9.85. The third-order valence-electron chi connectivity index (χ3n) is 3.27. The molecule has 1 heterocycles. The number of nitrogens with one attached hydrogen (secondary N) is 1. The van der Waals surface area contributed by atoms with Gasteiger partial charge in [0.05, 0.1) is 10.2 Å². The Kier molecular flexibility index (Phi) is 3.09. The maximum Gasteiger partial charge on any atom is 0.183 e. The van der Waals surface area contributed by atoms with E-state index in [0.717, 1.165) is 21.7 Å². The first-order valence-corrected chi connectivity index (χ1v) is 7.75. The molecule has 1 aliphatic rings. The molecule has 0 fully saturated rings. The molecule has 4 heteroatoms. The van der Waals surface area contributed by atoms with Gasteiger partial charge in [0.15, 0.2) is 5.13 Å². The first kappa shape index (κ1) is 11.5. The summed E-state index contributed by atoms with van der Waals surface area (Å²) >= 11 is 5.46. The maximum absolute atomic E-state index is 4.67. The predicted octanol–water partition coefficient (Wildman–Crippen LogP) is 4.37. The number of aryl methyl sites for hydroxylation is 2. The molecular formula is C13H15BrN2S. The van der Waals surface area contributed by atoms with Gasteiger partial charge in [-0.05, 0) is 65.7 Å². The summed E-state index contributed by atoms with van der Waals surface area (Å²) < 4.78 is 2.53. The van der Waals surface area contributed by atoms with Gasteiger partial charge >= 0.3 is 0 Å². The largest absolute Gasteiger partial charge is 0.362 e. The average Bonchev–Trinajstić information content (AvgIpc) is 2.74. The van der Waals surface area contributed by atoms with Crippen LogP contribution in [0.15, 0.2) is 10.5 Å². The second-order valence-electron chi connectivity index (χ2n) is 4.43. The van der Waals surface area contributed by atoms with Crippen molar-refractivity contribution in [3.63, 3.8) is 0 Å². The van der Waals surface area contributed by atoms with E-state index in [4.69, 9.17) is 0 Å². The van der Waals surface area contributed by atoms with Crippen LogP contribution in [0, 0.1) is 0 Å². The topological polar surface area (TPSA) is 24.9 Å². The minimum Gasteiger partial charge on any atom is -0.362 e. The fourth-order valence-electron chi connectivity index (χ4n) is 2.48. The third kappa shape index (κ3) is 1.97. The van der Waals surface area contributed by atoms with Crippen molar-refractivity contribution in [2.75, 3.05) is 11.9 Å². The minimum absolute atomic E-state index is 0.930. The van der Waals surface area contributed by atoms with E-state index in [1.165, 1.54) is 41.5 Å². The number of halogens is 1. The average molecular weight is 311 g/mol. The molecule has 2 nitrogen and oxygen atoms in total. The molecule has 2 aromatic rings. The molecule has 0 bridgehead atoms. The highest BCUT2D eigenvalue weighted by Gasteiger charge is 2.17. The van der Waals surface area contributed by atoms with Gasteiger partial charge in [0.25, 0.3) is 0 Å². The Balaban J connectivity index is 2.21. The summed E-state index contributed by atoms with van der Waals surface area (Å²) in [5.74, 6) is 0. The first-order valence-electron chi connectivity index (χ1n) is 6.14. The smallest absolute Gasteiger partial charge is 0.183 e. The van der Waals surface area contributed by atoms with E-state index in [1.807, 2.05) is 0 Å². The van der Waals surface area contributed by atoms with Crippen LogP contribution >= 0.6 is 27.3 Å². The van der Waals surface area contributed by atoms with Crippen LogP contribution in [0.4, 0.5) is 5.13 Å². The van der Waals surface area contributed by atoms with Crippen molar-refractivity contribution in [1.82, 2.24) is 4.98 Å². The van der Waals surface area contributed by atoms with E-state index >= 15 is 0 Å². The first-order chi connectivity index (χ1) is 8.29. The SMILES string of the molecule is CCNc1nc2c(Br)cc3c(c2s1)CCCC3. The molecule has 0 unspecified atom stereocenters. The summed E-state index contributed by atoms with van der Waals surface area (Å²) in [6.45, 7) is 3.04. The molecule has 0 saturated heterocycles. The Morgan fingerprint density at radius 1 is 1.41 bits per heavy atom. The summed E-state index contributed by atoms with van der Waals surface area (Å²) in [5, 5.41) is 4.36. The lowest BCUT2D eigenvalue weighted by molar-refractivity contribution is 0.690. The van der Waals surface area contributed by atoms with Crippen LogP contribution in [-0.4, -0.2) is 11.5 Å². The number of nitrogens with zero attached hydrogens (tertiary/aromatic N) is 1. The van der Waals surface area contributed by atoms with Gasteiger partial charge in [0.2, 0.25) is 0 Å². The number of rotatable bonds is 2. The summed E-state index contributed by atoms with van der Waals surface area (Å²) in [7, 11) is 0. The Bertz CT molecular complexity index is 562. The second-order valence-corrected chi connectivity index (χ2v) is 6.28. The number of hydrogen-bond acceptors (Lipinski definition) is 3. The summed E-state index contributed by atoms with van der Waals surface area (Å²) in [4.78, 5) is 4.67. The molecule has 0 saturated carbocycles. The van der Waals surface area contributed by atoms with E-state index in [9.17, 15) is 0 Å². The summed E-state index contributed by atoms with van der Waals surface area (Å²) in [6, 6.07) is 2.27. The Morgan fingerprint density at radius 3 is 3.06 bits per heavy atom. The van der Waals surface area contributed by atoms with E-state index in [-0.39, 0.29) is 0 Å². The number of aromatic nitrogens is 1. The number of anilines is 1. The van der Waals surface area contributed by atoms with Gasteiger partial charge in [0.1, 0.15) is 0 Å². The molecular weight excluding hydrogens is 296 g/mol. The van der Waals surface area contributed by atoms with Crippen molar-refractivity contribution in [3.8, 4) is 0 Å². The predicted molar refractivity (Wildman–Crippen MR) is 78.1 cm³/mol. The van der Waals surface area contributed by atoms with Gasteiger partial charge in [0, 0.05) is 11.0 Å². The lowest BCUT2D eigenvalue weighted by atomic mass is 9.91. The van der Waals surface area contributed by atoms with E-state index in [2.05, 4.69) is 39.2 Å². The molecule has 0 amide bonds. The monoisotopic (exact) mass is 310 g/mol. The van der Waals surface area contributed by atoms with Crippen molar-refractivity contribution in [1.29, 1.82) is 0 Å². The van der Waals surface area contributed by atoms with Crippen molar-refractivity contribution in [2.24, 2.45) is 0 Å². The van der Waals surface area contributed by atoms with Gasteiger partial charge in [-0.2, -0.15) is 0 Å². The van der Waals surface area contributed by atoms with E-state index < -0.39 is 0 Å². The lowest BCUT2D eigenvalue weighted by Gasteiger charge is -2.16. The minimum atomic E-state index is 0.930. The van der Waals surface area contributed by atoms with Crippen LogP contribution in [0.1, 0.15) is 30.9 Å². The van der Waals surface area contributed by atoms with Crippen LogP contribution in [0.5, 0.6) is 0 Å². The summed E-state index contributed by atoms with van der Waals surface area (Å²) in [6.07, 6.45) is 5.08. The number of thiazole rings is 1. The highest BCUT2D eigenvalue weighted by molar-refractivity contribution is 9.10. The van der Waals surface area contributed by atoms with Gasteiger partial charge < -0.3 is 5.32 Å². The molecule has 1 aliphatic carbocycles. The highest BCUT2D eigenvalue weighted by Crippen LogP contribution is 2.38. The zero-order chi connectivity index (χ0) is 11.8. The van der Waals surface area contributed by atoms with E-state index in [1.54, 1.807) is 11.3 Å². The van der Waals surface area contributed by atoms with Gasteiger partial charge in [-0.3, -0.25) is 0 Å². The van der Waals surface area contributed by atoms with Crippen molar-refractivity contribution in [2.45, 2.75) is 32.6 Å². The Hall–Kier alpha value is -0.610. The molecule has 1 aromatic heterocycles. The standard InChI is InChI=1S/C13H15BrN2S/c1-2-15-13-16-11-10(14)7-8-5-3-4-6-9(8)12(11)17-13/h7H,2-6H2,1H3,(H,15,16). The fourth-order valence-corrected chi connectivity index (χ4v) is 4.33. The zero-order valence-corrected chi connectivity index (χ0v) is 12.2. The van der Waals surface area contributed by atoms with Crippen LogP contribution in [0.3, 0.4) is 0 Å². The number of benzene rings is 1. The second kappa shape index (κ2) is 4.58. The van der Waals surface area contributed by atoms with Crippen molar-refractivity contribution in [3.05, 3.63) is 21.7 Å². The quantitative estimate of drug-likeness (QED) is 0.891. The molecule has 17 heavy (non-hydrogen) atoms. The third-order valence-corrected chi connectivity index (χ3v) is 4.94. The maximum atomic E-state index is 4.67. The Labute approximate surface area is 114 Å². The molecule has 0 atom stereocenters. The number of fused-ring (bicyclic) bond motifs is 3. The van der Waals surface area contributed by atoms with Crippen LogP contribution in [0.2, 0.25) is 0 Å². The lowest BCUT2D eigenvalue weighted by Crippen LogP contribution is -2.02. The molecule has 0 aliphatic heterocycles. The fraction of sp³-hybridized carbons (Fsp3) is 0.462. The van der Waals surface area contributed by atoms with Gasteiger partial charge in [-0.15, -0.1) is 0 Å². The molecule has 3 rings (SSSR count). The van der Waals surface area contributed by atoms with Crippen molar-refractivity contribution >= 4 is 42.6 Å². The molecule has 90 valence electrons. The highest BCUT2D eigenvalue weighted by atomic mass is 79.9. The van der Waals surface area contributed by atoms with Gasteiger partial charge in [-0.1, -0.05) is 11.3 Å². The van der Waals surface area contributed by atoms with Crippen LogP contribution in [-0.2, 0) is 12.8 Å². The van der Waals surface area contributed by atoms with Crippen LogP contribution < -0.4 is 5.32 Å². The van der Waals surface area contributed by atoms with Gasteiger partial charge in [-0.25, -0.2) is 4.98 Å². The molecule has 1 N–H and O–H groups in total. The van der Waals surface area contributed by atoms with E-state index in [0.29, 0.717) is 0 Å². The van der Waals surface area contributed by atoms with Crippen LogP contribution in [0.25, 0.3) is 10.2 Å².